The van der Waals surface area contributed by atoms with E-state index in [-0.39, 0.29) is 6.61 Å². The van der Waals surface area contributed by atoms with Gasteiger partial charge in [0.05, 0.1) is 12.6 Å². The van der Waals surface area contributed by atoms with Crippen LogP contribution in [0, 0.1) is 5.41 Å². The number of aliphatic hydroxyl groups is 1. The average Bonchev–Trinajstić information content (AvgIpc) is 1.99. The molecule has 1 amide bonds. The van der Waals surface area contributed by atoms with E-state index in [9.17, 15) is 4.79 Å². The summed E-state index contributed by atoms with van der Waals surface area (Å²) >= 11 is 0. The summed E-state index contributed by atoms with van der Waals surface area (Å²) in [6.07, 6.45) is 0.480. The molecule has 70 valence electrons. The van der Waals surface area contributed by atoms with E-state index >= 15 is 0 Å². The molecule has 0 saturated heterocycles. The van der Waals surface area contributed by atoms with Gasteiger partial charge in [0.25, 0.3) is 0 Å². The molecule has 0 radical (unpaired) electrons. The van der Waals surface area contributed by atoms with Crippen LogP contribution in [0.4, 0.5) is 4.79 Å². The van der Waals surface area contributed by atoms with Gasteiger partial charge in [0.2, 0.25) is 0 Å². The molecule has 0 aromatic rings. The average molecular weight is 173 g/mol. The van der Waals surface area contributed by atoms with Crippen LogP contribution in [0.15, 0.2) is 12.7 Å². The number of aliphatic hydroxyl groups excluding tert-OH is 1. The van der Waals surface area contributed by atoms with Crippen molar-refractivity contribution in [3.8, 4) is 0 Å². The lowest BCUT2D eigenvalue weighted by atomic mass is 9.85. The minimum Gasteiger partial charge on any atom is -0.465 e. The van der Waals surface area contributed by atoms with Gasteiger partial charge in [0, 0.05) is 5.41 Å². The molecule has 0 rings (SSSR count). The minimum absolute atomic E-state index is 0.231. The first kappa shape index (κ1) is 11.0. The quantitative estimate of drug-likeness (QED) is 0.551. The molecule has 12 heavy (non-hydrogen) atoms. The Morgan fingerprint density at radius 2 is 2.25 bits per heavy atom. The van der Waals surface area contributed by atoms with E-state index in [1.165, 1.54) is 0 Å². The maximum atomic E-state index is 10.3. The number of hydrogen-bond donors (Lipinski definition) is 3. The lowest BCUT2D eigenvalue weighted by Gasteiger charge is -2.29. The zero-order chi connectivity index (χ0) is 9.78. The molecule has 0 fully saturated rings. The number of hydrogen-bond acceptors (Lipinski definition) is 2. The minimum atomic E-state index is -1.14. The van der Waals surface area contributed by atoms with Gasteiger partial charge in [-0.2, -0.15) is 0 Å². The zero-order valence-corrected chi connectivity index (χ0v) is 7.37. The van der Waals surface area contributed by atoms with Crippen molar-refractivity contribution in [2.24, 2.45) is 5.41 Å². The Bertz CT molecular complexity index is 177. The molecule has 4 nitrogen and oxygen atoms in total. The van der Waals surface area contributed by atoms with Crippen LogP contribution in [0.1, 0.15) is 13.8 Å². The summed E-state index contributed by atoms with van der Waals surface area (Å²) in [5.74, 6) is 0. The fourth-order valence-corrected chi connectivity index (χ4v) is 0.758. The van der Waals surface area contributed by atoms with Gasteiger partial charge in [-0.25, -0.2) is 4.79 Å². The van der Waals surface area contributed by atoms with Crippen molar-refractivity contribution in [1.29, 1.82) is 0 Å². The predicted octanol–water partition coefficient (Wildman–Crippen LogP) is 0.827. The molecule has 0 aromatic heterocycles. The van der Waals surface area contributed by atoms with Crippen molar-refractivity contribution in [3.05, 3.63) is 12.7 Å². The van der Waals surface area contributed by atoms with Crippen LogP contribution >= 0.6 is 0 Å². The first-order valence-corrected chi connectivity index (χ1v) is 3.68. The molecule has 3 N–H and O–H groups in total. The van der Waals surface area contributed by atoms with E-state index in [1.807, 2.05) is 0 Å². The highest BCUT2D eigenvalue weighted by atomic mass is 16.4. The van der Waals surface area contributed by atoms with Gasteiger partial charge in [-0.15, -0.1) is 6.58 Å². The predicted molar refractivity (Wildman–Crippen MR) is 46.0 cm³/mol. The molecule has 0 aliphatic rings. The number of nitrogens with one attached hydrogen (secondary N) is 1. The second kappa shape index (κ2) is 4.11. The van der Waals surface area contributed by atoms with Gasteiger partial charge in [-0.3, -0.25) is 0 Å². The summed E-state index contributed by atoms with van der Waals surface area (Å²) < 4.78 is 0. The van der Waals surface area contributed by atoms with Crippen molar-refractivity contribution in [2.45, 2.75) is 19.9 Å². The standard InChI is InChI=1S/C8H15NO3/c1-4-8(2,3)6(5-10)9-7(11)12/h4,6,9-10H,1,5H2,2-3H3,(H,11,12)/t6-/m1/s1. The number of amides is 1. The molecular formula is C8H15NO3. The molecule has 0 aromatic carbocycles. The summed E-state index contributed by atoms with van der Waals surface area (Å²) in [4.78, 5) is 10.3. The SMILES string of the molecule is C=CC(C)(C)[C@@H](CO)NC(=O)O. The molecule has 0 spiro atoms. The highest BCUT2D eigenvalue weighted by Crippen LogP contribution is 2.21. The summed E-state index contributed by atoms with van der Waals surface area (Å²) in [6.45, 7) is 6.94. The highest BCUT2D eigenvalue weighted by molar-refractivity contribution is 5.65. The molecule has 0 bridgehead atoms. The third kappa shape index (κ3) is 2.92. The smallest absolute Gasteiger partial charge is 0.404 e. The monoisotopic (exact) mass is 173 g/mol. The number of rotatable bonds is 4. The van der Waals surface area contributed by atoms with Crippen LogP contribution in [0.5, 0.6) is 0 Å². The van der Waals surface area contributed by atoms with Crippen LogP contribution in [-0.4, -0.2) is 29.0 Å². The summed E-state index contributed by atoms with van der Waals surface area (Å²) in [6, 6.07) is -0.507. The van der Waals surface area contributed by atoms with Gasteiger partial charge in [0.1, 0.15) is 0 Å². The highest BCUT2D eigenvalue weighted by Gasteiger charge is 2.26. The van der Waals surface area contributed by atoms with Crippen molar-refractivity contribution < 1.29 is 15.0 Å². The molecule has 0 unspecified atom stereocenters. The van der Waals surface area contributed by atoms with E-state index in [2.05, 4.69) is 11.9 Å². The van der Waals surface area contributed by atoms with E-state index in [0.29, 0.717) is 0 Å². The van der Waals surface area contributed by atoms with Gasteiger partial charge < -0.3 is 15.5 Å². The van der Waals surface area contributed by atoms with E-state index in [0.717, 1.165) is 0 Å². The Hall–Kier alpha value is -1.03. The zero-order valence-electron chi connectivity index (χ0n) is 7.37. The van der Waals surface area contributed by atoms with Crippen LogP contribution in [0.25, 0.3) is 0 Å². The number of carbonyl (C=O) groups is 1. The van der Waals surface area contributed by atoms with Gasteiger partial charge in [-0.1, -0.05) is 19.9 Å². The van der Waals surface area contributed by atoms with Crippen LogP contribution in [-0.2, 0) is 0 Å². The maximum absolute atomic E-state index is 10.3. The van der Waals surface area contributed by atoms with Crippen molar-refractivity contribution in [1.82, 2.24) is 5.32 Å². The first-order valence-electron chi connectivity index (χ1n) is 3.68. The molecule has 0 aliphatic carbocycles. The van der Waals surface area contributed by atoms with Gasteiger partial charge >= 0.3 is 6.09 Å². The first-order chi connectivity index (χ1) is 5.44. The van der Waals surface area contributed by atoms with Gasteiger partial charge in [-0.05, 0) is 0 Å². The molecular weight excluding hydrogens is 158 g/mol. The second-order valence-electron chi connectivity index (χ2n) is 3.21. The van der Waals surface area contributed by atoms with Crippen LogP contribution in [0.3, 0.4) is 0 Å². The summed E-state index contributed by atoms with van der Waals surface area (Å²) in [5, 5.41) is 19.5. The van der Waals surface area contributed by atoms with Crippen LogP contribution < -0.4 is 5.32 Å². The Kier molecular flexibility index (Phi) is 3.76. The summed E-state index contributed by atoms with van der Waals surface area (Å²) in [7, 11) is 0. The Morgan fingerprint density at radius 1 is 1.75 bits per heavy atom. The van der Waals surface area contributed by atoms with Crippen molar-refractivity contribution >= 4 is 6.09 Å². The van der Waals surface area contributed by atoms with E-state index in [1.54, 1.807) is 19.9 Å². The maximum Gasteiger partial charge on any atom is 0.404 e. The third-order valence-electron chi connectivity index (χ3n) is 1.90. The van der Waals surface area contributed by atoms with Crippen LogP contribution in [0.2, 0.25) is 0 Å². The lowest BCUT2D eigenvalue weighted by Crippen LogP contribution is -2.46. The molecule has 0 saturated carbocycles. The third-order valence-corrected chi connectivity index (χ3v) is 1.90. The molecule has 0 heterocycles. The summed E-state index contributed by atoms with van der Waals surface area (Å²) in [5.41, 5.74) is -0.437. The normalized spacial score (nSPS) is 13.6. The fourth-order valence-electron chi connectivity index (χ4n) is 0.758. The Morgan fingerprint density at radius 3 is 2.50 bits per heavy atom. The topological polar surface area (TPSA) is 69.6 Å². The fraction of sp³-hybridized carbons (Fsp3) is 0.625. The Labute approximate surface area is 71.9 Å². The largest absolute Gasteiger partial charge is 0.465 e. The molecule has 0 aliphatic heterocycles. The molecule has 4 heteroatoms. The second-order valence-corrected chi connectivity index (χ2v) is 3.21. The van der Waals surface area contributed by atoms with Crippen molar-refractivity contribution in [2.75, 3.05) is 6.61 Å². The van der Waals surface area contributed by atoms with E-state index < -0.39 is 17.6 Å². The van der Waals surface area contributed by atoms with Gasteiger partial charge in [0.15, 0.2) is 0 Å². The van der Waals surface area contributed by atoms with Crippen molar-refractivity contribution in [3.63, 3.8) is 0 Å². The van der Waals surface area contributed by atoms with E-state index in [4.69, 9.17) is 10.2 Å². The Balaban J connectivity index is 4.33. The number of carboxylic acid groups (broad SMARTS) is 1. The molecule has 1 atom stereocenters. The lowest BCUT2D eigenvalue weighted by molar-refractivity contribution is 0.150.